The molecule has 1 aliphatic heterocycles. The Morgan fingerprint density at radius 2 is 1.82 bits per heavy atom. The minimum Gasteiger partial charge on any atom is -0.481 e. The average Bonchev–Trinajstić information content (AvgIpc) is 3.71. The number of hydrazone groups is 2. The number of carboxylic acid groups (broad SMARTS) is 1. The van der Waals surface area contributed by atoms with Gasteiger partial charge in [0.1, 0.15) is 5.71 Å². The number of amides is 2. The Morgan fingerprint density at radius 3 is 2.54 bits per heavy atom. The highest BCUT2D eigenvalue weighted by Crippen LogP contribution is 2.30. The van der Waals surface area contributed by atoms with Crippen LogP contribution in [0.1, 0.15) is 28.8 Å². The highest BCUT2D eigenvalue weighted by molar-refractivity contribution is 7.14. The Balaban J connectivity index is 1.33. The van der Waals surface area contributed by atoms with Crippen LogP contribution in [0.25, 0.3) is 11.3 Å². The van der Waals surface area contributed by atoms with Gasteiger partial charge < -0.3 is 10.4 Å². The van der Waals surface area contributed by atoms with Gasteiger partial charge in [-0.15, -0.1) is 22.7 Å². The lowest BCUT2D eigenvalue weighted by atomic mass is 10.1. The quantitative estimate of drug-likeness (QED) is 0.196. The van der Waals surface area contributed by atoms with Gasteiger partial charge in [-0.3, -0.25) is 19.8 Å². The second kappa shape index (κ2) is 11.8. The maximum atomic E-state index is 13.4. The monoisotopic (exact) mass is 559 g/mol. The second-order valence-electron chi connectivity index (χ2n) is 8.19. The molecule has 3 N–H and O–H groups in total. The molecule has 11 nitrogen and oxygen atoms in total. The largest absolute Gasteiger partial charge is 0.481 e. The van der Waals surface area contributed by atoms with Crippen LogP contribution in [-0.4, -0.2) is 50.8 Å². The van der Waals surface area contributed by atoms with Gasteiger partial charge in [-0.25, -0.2) is 9.97 Å². The van der Waals surface area contributed by atoms with Crippen molar-refractivity contribution in [2.75, 3.05) is 17.0 Å². The lowest BCUT2D eigenvalue weighted by Crippen LogP contribution is -2.28. The van der Waals surface area contributed by atoms with Crippen LogP contribution in [0.3, 0.4) is 0 Å². The van der Waals surface area contributed by atoms with E-state index in [4.69, 9.17) is 5.11 Å². The molecule has 1 aliphatic rings. The Kier molecular flexibility index (Phi) is 7.80. The van der Waals surface area contributed by atoms with E-state index in [0.717, 1.165) is 11.1 Å². The molecule has 4 aromatic rings. The topological polar surface area (TPSA) is 149 Å². The van der Waals surface area contributed by atoms with Crippen LogP contribution >= 0.6 is 22.7 Å². The van der Waals surface area contributed by atoms with Gasteiger partial charge >= 0.3 is 11.9 Å². The van der Waals surface area contributed by atoms with Crippen molar-refractivity contribution >= 4 is 62.1 Å². The summed E-state index contributed by atoms with van der Waals surface area (Å²) in [5.74, 6) is -1.60. The minimum atomic E-state index is -0.898. The molecule has 0 unspecified atom stereocenters. The summed E-state index contributed by atoms with van der Waals surface area (Å²) in [7, 11) is 0. The van der Waals surface area contributed by atoms with Crippen LogP contribution in [0.5, 0.6) is 0 Å². The van der Waals surface area contributed by atoms with Gasteiger partial charge in [0.25, 0.3) is 5.91 Å². The molecule has 0 saturated heterocycles. The fraction of sp³-hybridized carbons (Fsp3) is 0.115. The first kappa shape index (κ1) is 25.9. The summed E-state index contributed by atoms with van der Waals surface area (Å²) in [4.78, 5) is 45.0. The van der Waals surface area contributed by atoms with E-state index in [-0.39, 0.29) is 24.6 Å². The van der Waals surface area contributed by atoms with Crippen molar-refractivity contribution in [1.82, 2.24) is 15.3 Å². The summed E-state index contributed by atoms with van der Waals surface area (Å²) in [5.41, 5.74) is 5.96. The zero-order valence-electron chi connectivity index (χ0n) is 20.3. The fourth-order valence-electron chi connectivity index (χ4n) is 3.63. The number of nitrogens with zero attached hydrogens (tertiary/aromatic N) is 5. The highest BCUT2D eigenvalue weighted by atomic mass is 32.1. The molecule has 13 heteroatoms. The van der Waals surface area contributed by atoms with Crippen LogP contribution in [0.4, 0.5) is 10.3 Å². The number of carbonyl (C=O) groups is 3. The number of benzene rings is 2. The lowest BCUT2D eigenvalue weighted by Gasteiger charge is -2.06. The molecule has 0 bridgehead atoms. The van der Waals surface area contributed by atoms with Crippen molar-refractivity contribution in [3.63, 3.8) is 0 Å². The fourth-order valence-corrected chi connectivity index (χ4v) is 4.88. The van der Waals surface area contributed by atoms with E-state index in [0.29, 0.717) is 33.7 Å². The van der Waals surface area contributed by atoms with E-state index < -0.39 is 11.9 Å². The third-order valence-corrected chi connectivity index (χ3v) is 7.03. The molecule has 2 amide bonds. The molecule has 0 saturated carbocycles. The lowest BCUT2D eigenvalue weighted by molar-refractivity contribution is -0.137. The van der Waals surface area contributed by atoms with Gasteiger partial charge in [0.15, 0.2) is 5.71 Å². The summed E-state index contributed by atoms with van der Waals surface area (Å²) in [6, 6.07) is 16.2. The summed E-state index contributed by atoms with van der Waals surface area (Å²) in [6.07, 6.45) is 2.00. The molecule has 0 radical (unpaired) electrons. The van der Waals surface area contributed by atoms with Crippen molar-refractivity contribution in [3.8, 4) is 11.3 Å². The van der Waals surface area contributed by atoms with Gasteiger partial charge in [-0.2, -0.15) is 15.2 Å². The van der Waals surface area contributed by atoms with E-state index >= 15 is 0 Å². The zero-order chi connectivity index (χ0) is 27.2. The summed E-state index contributed by atoms with van der Waals surface area (Å²) in [5, 5.41) is 26.0. The van der Waals surface area contributed by atoms with E-state index in [1.807, 2.05) is 35.7 Å². The van der Waals surface area contributed by atoms with Gasteiger partial charge in [0, 0.05) is 46.6 Å². The van der Waals surface area contributed by atoms with Crippen molar-refractivity contribution in [2.45, 2.75) is 12.8 Å². The Morgan fingerprint density at radius 1 is 1.03 bits per heavy atom. The standard InChI is InChI=1S/C26H21N7O4S2/c34-20(35)7-4-12-27-23(36)18-10-8-16(9-11-18)19-15-39-26(29-19)33-24(37)22(30-31-25-28-13-14-38-25)21(32-33)17-5-2-1-3-6-17/h1-3,5-6,8-11,13-15H,4,7,12H2,(H,27,36)(H,28,31)(H,34,35)/b30-22+. The molecule has 0 spiro atoms. The normalized spacial score (nSPS) is 13.9. The number of carboxylic acids is 1. The Hall–Kier alpha value is -4.75. The predicted molar refractivity (Wildman–Crippen MR) is 150 cm³/mol. The number of aliphatic carboxylic acids is 1. The molecule has 0 fully saturated rings. The van der Waals surface area contributed by atoms with Crippen molar-refractivity contribution in [3.05, 3.63) is 82.7 Å². The van der Waals surface area contributed by atoms with Crippen LogP contribution in [0, 0.1) is 0 Å². The van der Waals surface area contributed by atoms with E-state index in [1.165, 1.54) is 27.7 Å². The number of aromatic nitrogens is 2. The number of thiazole rings is 2. The summed E-state index contributed by atoms with van der Waals surface area (Å²) < 4.78 is 0. The van der Waals surface area contributed by atoms with Crippen LogP contribution < -0.4 is 15.8 Å². The van der Waals surface area contributed by atoms with Crippen molar-refractivity contribution < 1.29 is 19.5 Å². The third kappa shape index (κ3) is 6.05. The SMILES string of the molecule is O=C(O)CCCNC(=O)c1ccc(-c2csc(N3N=C(c4ccccc4)/C(=N\Nc4nccs4)C3=O)n2)cc1. The average molecular weight is 560 g/mol. The molecule has 3 heterocycles. The second-order valence-corrected chi connectivity index (χ2v) is 9.92. The number of anilines is 2. The number of hydrogen-bond donors (Lipinski definition) is 3. The van der Waals surface area contributed by atoms with Gasteiger partial charge in [0.05, 0.1) is 5.69 Å². The molecule has 2 aromatic heterocycles. The van der Waals surface area contributed by atoms with Gasteiger partial charge in [-0.1, -0.05) is 42.5 Å². The Bertz CT molecular complexity index is 1550. The molecule has 2 aromatic carbocycles. The van der Waals surface area contributed by atoms with Crippen molar-refractivity contribution in [1.29, 1.82) is 0 Å². The van der Waals surface area contributed by atoms with Gasteiger partial charge in [-0.05, 0) is 18.6 Å². The first-order valence-electron chi connectivity index (χ1n) is 11.8. The maximum Gasteiger partial charge on any atom is 0.303 e. The van der Waals surface area contributed by atoms with Crippen LogP contribution in [0.15, 0.2) is 81.8 Å². The number of carbonyl (C=O) groups excluding carboxylic acids is 2. The first-order valence-corrected chi connectivity index (χ1v) is 13.5. The smallest absolute Gasteiger partial charge is 0.303 e. The van der Waals surface area contributed by atoms with Crippen molar-refractivity contribution in [2.24, 2.45) is 10.2 Å². The summed E-state index contributed by atoms with van der Waals surface area (Å²) in [6.45, 7) is 0.280. The van der Waals surface area contributed by atoms with Crippen LogP contribution in [-0.2, 0) is 9.59 Å². The number of rotatable bonds is 10. The van der Waals surface area contributed by atoms with E-state index in [1.54, 1.807) is 35.8 Å². The van der Waals surface area contributed by atoms with Gasteiger partial charge in [0.2, 0.25) is 10.3 Å². The molecule has 0 aliphatic carbocycles. The molecular weight excluding hydrogens is 538 g/mol. The zero-order valence-corrected chi connectivity index (χ0v) is 21.9. The third-order valence-electron chi connectivity index (χ3n) is 5.53. The number of hydrogen-bond acceptors (Lipinski definition) is 10. The highest BCUT2D eigenvalue weighted by Gasteiger charge is 2.35. The summed E-state index contributed by atoms with van der Waals surface area (Å²) >= 11 is 2.62. The van der Waals surface area contributed by atoms with Crippen LogP contribution in [0.2, 0.25) is 0 Å². The molecule has 196 valence electrons. The number of nitrogens with one attached hydrogen (secondary N) is 2. The molecule has 0 atom stereocenters. The van der Waals surface area contributed by atoms with E-state index in [2.05, 4.69) is 30.9 Å². The first-order chi connectivity index (χ1) is 19.0. The minimum absolute atomic E-state index is 0.00249. The maximum absolute atomic E-state index is 13.4. The molecule has 5 rings (SSSR count). The molecular formula is C26H21N7O4S2. The molecule has 39 heavy (non-hydrogen) atoms. The predicted octanol–water partition coefficient (Wildman–Crippen LogP) is 4.08. The Labute approximate surface area is 230 Å². The van der Waals surface area contributed by atoms with E-state index in [9.17, 15) is 14.4 Å².